The number of nitrogens with zero attached hydrogens (tertiary/aromatic N) is 3. The van der Waals surface area contributed by atoms with E-state index in [-0.39, 0.29) is 18.0 Å². The summed E-state index contributed by atoms with van der Waals surface area (Å²) in [5, 5.41) is 14.3. The monoisotopic (exact) mass is 456 g/mol. The first-order valence-corrected chi connectivity index (χ1v) is 11.6. The molecule has 1 aliphatic heterocycles. The zero-order chi connectivity index (χ0) is 23.5. The predicted molar refractivity (Wildman–Crippen MR) is 131 cm³/mol. The van der Waals surface area contributed by atoms with Crippen LogP contribution in [-0.2, 0) is 4.74 Å². The van der Waals surface area contributed by atoms with Gasteiger partial charge in [0.15, 0.2) is 0 Å². The largest absolute Gasteiger partial charge is 0.493 e. The smallest absolute Gasteiger partial charge is 0.325 e. The van der Waals surface area contributed by atoms with Gasteiger partial charge in [0.2, 0.25) is 5.88 Å². The van der Waals surface area contributed by atoms with Gasteiger partial charge in [-0.3, -0.25) is 4.98 Å². The molecule has 7 heteroatoms. The molecule has 2 aromatic carbocycles. The summed E-state index contributed by atoms with van der Waals surface area (Å²) in [7, 11) is 0. The summed E-state index contributed by atoms with van der Waals surface area (Å²) >= 11 is 0. The van der Waals surface area contributed by atoms with Crippen LogP contribution in [0.25, 0.3) is 10.9 Å². The van der Waals surface area contributed by atoms with E-state index in [2.05, 4.69) is 58.4 Å². The Balaban J connectivity index is 1.22. The number of ether oxygens (including phenoxy) is 2. The maximum Gasteiger partial charge on any atom is 0.325 e. The van der Waals surface area contributed by atoms with Gasteiger partial charge in [0.25, 0.3) is 0 Å². The maximum absolute atomic E-state index is 10.1. The van der Waals surface area contributed by atoms with Crippen LogP contribution < -0.4 is 10.1 Å². The number of nitrogens with one attached hydrogen (secondary N) is 1. The van der Waals surface area contributed by atoms with E-state index in [0.717, 1.165) is 25.1 Å². The van der Waals surface area contributed by atoms with Crippen LogP contribution in [0.3, 0.4) is 0 Å². The van der Waals surface area contributed by atoms with E-state index in [4.69, 9.17) is 9.47 Å². The molecule has 0 amide bonds. The fraction of sp³-hybridized carbons (Fsp3) is 0.296. The number of anilines is 1. The van der Waals surface area contributed by atoms with E-state index in [0.29, 0.717) is 28.6 Å². The molecule has 0 spiro atoms. The average molecular weight is 457 g/mol. The Bertz CT molecular complexity index is 1260. The van der Waals surface area contributed by atoms with Crippen LogP contribution in [0.15, 0.2) is 67.0 Å². The first-order valence-electron chi connectivity index (χ1n) is 11.6. The molecule has 2 N–H and O–H groups in total. The lowest BCUT2D eigenvalue weighted by Gasteiger charge is -2.31. The Morgan fingerprint density at radius 3 is 2.59 bits per heavy atom. The molecular formula is C27H28N4O3. The highest BCUT2D eigenvalue weighted by atomic mass is 16.5. The van der Waals surface area contributed by atoms with Crippen LogP contribution in [-0.4, -0.2) is 32.7 Å². The Labute approximate surface area is 198 Å². The summed E-state index contributed by atoms with van der Waals surface area (Å²) in [4.78, 5) is 12.4. The zero-order valence-corrected chi connectivity index (χ0v) is 19.3. The first kappa shape index (κ1) is 22.1. The van der Waals surface area contributed by atoms with Crippen molar-refractivity contribution in [2.75, 3.05) is 11.9 Å². The third-order valence-electron chi connectivity index (χ3n) is 6.15. The van der Waals surface area contributed by atoms with Crippen molar-refractivity contribution in [1.29, 1.82) is 0 Å². The Kier molecular flexibility index (Phi) is 6.27. The van der Waals surface area contributed by atoms with Crippen molar-refractivity contribution in [2.24, 2.45) is 0 Å². The molecule has 0 bridgehead atoms. The molecule has 3 heterocycles. The fourth-order valence-electron chi connectivity index (χ4n) is 4.20. The molecule has 7 nitrogen and oxygen atoms in total. The van der Waals surface area contributed by atoms with Crippen LogP contribution in [0.2, 0.25) is 0 Å². The quantitative estimate of drug-likeness (QED) is 0.369. The Morgan fingerprint density at radius 2 is 1.82 bits per heavy atom. The zero-order valence-electron chi connectivity index (χ0n) is 19.3. The van der Waals surface area contributed by atoms with Crippen molar-refractivity contribution >= 4 is 16.6 Å². The number of hydrogen-bond acceptors (Lipinski definition) is 7. The lowest BCUT2D eigenvalue weighted by Crippen LogP contribution is -2.30. The Hall–Kier alpha value is -3.71. The topological polar surface area (TPSA) is 89.4 Å². The molecule has 2 atom stereocenters. The number of benzene rings is 2. The van der Waals surface area contributed by atoms with Gasteiger partial charge in [-0.05, 0) is 60.2 Å². The molecular weight excluding hydrogens is 428 g/mol. The minimum Gasteiger partial charge on any atom is -0.493 e. The van der Waals surface area contributed by atoms with Gasteiger partial charge in [-0.2, -0.15) is 9.97 Å². The van der Waals surface area contributed by atoms with E-state index in [9.17, 15) is 5.11 Å². The number of aromatic hydroxyl groups is 1. The molecule has 1 aliphatic rings. The number of aromatic nitrogens is 3. The van der Waals surface area contributed by atoms with Gasteiger partial charge in [-0.15, -0.1) is 0 Å². The van der Waals surface area contributed by atoms with Gasteiger partial charge in [0, 0.05) is 24.5 Å². The molecule has 2 unspecified atom stereocenters. The van der Waals surface area contributed by atoms with Gasteiger partial charge in [0.1, 0.15) is 5.75 Å². The molecule has 5 rings (SSSR count). The molecule has 2 aromatic heterocycles. The third-order valence-corrected chi connectivity index (χ3v) is 6.15. The van der Waals surface area contributed by atoms with E-state index < -0.39 is 0 Å². The van der Waals surface area contributed by atoms with E-state index >= 15 is 0 Å². The van der Waals surface area contributed by atoms with Crippen LogP contribution >= 0.6 is 0 Å². The molecule has 1 fully saturated rings. The van der Waals surface area contributed by atoms with E-state index in [1.165, 1.54) is 11.1 Å². The second-order valence-electron chi connectivity index (χ2n) is 8.90. The highest BCUT2D eigenvalue weighted by molar-refractivity contribution is 5.82. The minimum absolute atomic E-state index is 0.0782. The third kappa shape index (κ3) is 4.94. The number of pyridine rings is 1. The van der Waals surface area contributed by atoms with Crippen molar-refractivity contribution < 1.29 is 14.6 Å². The summed E-state index contributed by atoms with van der Waals surface area (Å²) < 4.78 is 11.8. The number of fused-ring (bicyclic) bond motifs is 1. The van der Waals surface area contributed by atoms with Gasteiger partial charge in [-0.25, -0.2) is 0 Å². The van der Waals surface area contributed by atoms with Gasteiger partial charge in [0.05, 0.1) is 23.2 Å². The van der Waals surface area contributed by atoms with Gasteiger partial charge >= 0.3 is 6.01 Å². The lowest BCUT2D eigenvalue weighted by molar-refractivity contribution is 0.00978. The first-order chi connectivity index (χ1) is 16.5. The minimum atomic E-state index is -0.131. The summed E-state index contributed by atoms with van der Waals surface area (Å²) in [6.07, 6.45) is 5.12. The average Bonchev–Trinajstić information content (AvgIpc) is 2.85. The lowest BCUT2D eigenvalue weighted by atomic mass is 9.95. The highest BCUT2D eigenvalue weighted by Crippen LogP contribution is 2.31. The second kappa shape index (κ2) is 9.65. The molecule has 0 aliphatic carbocycles. The standard InChI is InChI=1S/C27H28N4O3/c1-17(2)18-3-5-19(6-4-18)25-15-21(12-14-33-25)29-20-7-9-22(10-8-20)34-27-30-24-16-28-13-11-23(24)26(32)31-27/h3-11,13,16-17,21,25,29H,12,14-15H2,1-2H3,(H,30,31,32). The number of hydrogen-bond donors (Lipinski definition) is 2. The molecule has 1 saturated heterocycles. The normalized spacial score (nSPS) is 18.2. The summed E-state index contributed by atoms with van der Waals surface area (Å²) in [5.74, 6) is 0.982. The Morgan fingerprint density at radius 1 is 1.03 bits per heavy atom. The van der Waals surface area contributed by atoms with Crippen molar-refractivity contribution in [2.45, 2.75) is 44.8 Å². The van der Waals surface area contributed by atoms with E-state index in [1.54, 1.807) is 18.5 Å². The fourth-order valence-corrected chi connectivity index (χ4v) is 4.20. The van der Waals surface area contributed by atoms with Crippen molar-refractivity contribution in [1.82, 2.24) is 15.0 Å². The second-order valence-corrected chi connectivity index (χ2v) is 8.90. The molecule has 34 heavy (non-hydrogen) atoms. The molecule has 0 radical (unpaired) electrons. The van der Waals surface area contributed by atoms with Crippen molar-refractivity contribution in [3.05, 3.63) is 78.1 Å². The summed E-state index contributed by atoms with van der Waals surface area (Å²) in [6, 6.07) is 18.5. The molecule has 4 aromatic rings. The summed E-state index contributed by atoms with van der Waals surface area (Å²) in [5.41, 5.74) is 4.11. The van der Waals surface area contributed by atoms with Crippen LogP contribution in [0, 0.1) is 0 Å². The van der Waals surface area contributed by atoms with E-state index in [1.807, 2.05) is 24.3 Å². The molecule has 0 saturated carbocycles. The SMILES string of the molecule is CC(C)c1ccc(C2CC(Nc3ccc(Oc4nc(O)c5ccncc5n4)cc3)CCO2)cc1. The van der Waals surface area contributed by atoms with Gasteiger partial charge in [-0.1, -0.05) is 38.1 Å². The van der Waals surface area contributed by atoms with Crippen LogP contribution in [0.5, 0.6) is 17.6 Å². The predicted octanol–water partition coefficient (Wildman–Crippen LogP) is 5.98. The highest BCUT2D eigenvalue weighted by Gasteiger charge is 2.24. The maximum atomic E-state index is 10.1. The summed E-state index contributed by atoms with van der Waals surface area (Å²) in [6.45, 7) is 5.14. The van der Waals surface area contributed by atoms with Crippen LogP contribution in [0.1, 0.15) is 49.8 Å². The number of rotatable bonds is 6. The van der Waals surface area contributed by atoms with Crippen molar-refractivity contribution in [3.63, 3.8) is 0 Å². The van der Waals surface area contributed by atoms with Crippen LogP contribution in [0.4, 0.5) is 5.69 Å². The molecule has 174 valence electrons. The van der Waals surface area contributed by atoms with Gasteiger partial charge < -0.3 is 19.9 Å². The van der Waals surface area contributed by atoms with Crippen molar-refractivity contribution in [3.8, 4) is 17.6 Å².